The van der Waals surface area contributed by atoms with Crippen LogP contribution in [-0.2, 0) is 21.4 Å². The van der Waals surface area contributed by atoms with Gasteiger partial charge in [0, 0.05) is 11.1 Å². The summed E-state index contributed by atoms with van der Waals surface area (Å²) in [6.45, 7) is 0.444. The van der Waals surface area contributed by atoms with E-state index in [0.29, 0.717) is 0 Å². The second-order valence-electron chi connectivity index (χ2n) is 8.46. The first-order chi connectivity index (χ1) is 18.4. The van der Waals surface area contributed by atoms with Gasteiger partial charge in [0.25, 0.3) is 17.9 Å². The third kappa shape index (κ3) is 6.26. The summed E-state index contributed by atoms with van der Waals surface area (Å²) in [7, 11) is 0. The van der Waals surface area contributed by atoms with Crippen molar-refractivity contribution in [2.75, 3.05) is 6.54 Å². The average molecular weight is 608 g/mol. The number of oxime groups is 1. The molecule has 0 aromatic heterocycles. The number of hydrogen-bond acceptors (Lipinski definition) is 4. The fourth-order valence-corrected chi connectivity index (χ4v) is 3.92. The molecule has 17 heteroatoms. The molecule has 0 saturated heterocycles. The highest BCUT2D eigenvalue weighted by atomic mass is 35.5. The van der Waals surface area contributed by atoms with Crippen LogP contribution >= 0.6 is 11.6 Å². The van der Waals surface area contributed by atoms with Gasteiger partial charge in [-0.1, -0.05) is 22.8 Å². The molecule has 3 rings (SSSR count). The van der Waals surface area contributed by atoms with Gasteiger partial charge in [0.05, 0.1) is 29.3 Å². The predicted octanol–water partition coefficient (Wildman–Crippen LogP) is 5.80. The number of nitrogens with one attached hydrogen (secondary N) is 2. The minimum atomic E-state index is -5.47. The van der Waals surface area contributed by atoms with Gasteiger partial charge < -0.3 is 15.5 Å². The molecule has 6 nitrogen and oxygen atoms in total. The Morgan fingerprint density at radius 1 is 1.10 bits per heavy atom. The first-order valence-electron chi connectivity index (χ1n) is 10.9. The Balaban J connectivity index is 1.86. The van der Waals surface area contributed by atoms with Crippen molar-refractivity contribution < 1.29 is 58.3 Å². The minimum Gasteiger partial charge on any atom is -0.374 e. The first kappa shape index (κ1) is 31.0. The first-order valence-corrected chi connectivity index (χ1v) is 11.2. The molecule has 218 valence electrons. The third-order valence-electron chi connectivity index (χ3n) is 5.71. The van der Waals surface area contributed by atoms with E-state index in [-0.39, 0.29) is 28.8 Å². The Morgan fingerprint density at radius 2 is 1.75 bits per heavy atom. The van der Waals surface area contributed by atoms with E-state index in [2.05, 4.69) is 9.99 Å². The van der Waals surface area contributed by atoms with E-state index in [1.54, 1.807) is 0 Å². The van der Waals surface area contributed by atoms with Gasteiger partial charge in [-0.25, -0.2) is 17.6 Å². The molecule has 0 saturated carbocycles. The summed E-state index contributed by atoms with van der Waals surface area (Å²) in [6.07, 6.45) is -18.3. The fourth-order valence-electron chi connectivity index (χ4n) is 3.71. The quantitative estimate of drug-likeness (QED) is 0.309. The molecule has 2 aromatic carbocycles. The zero-order chi connectivity index (χ0) is 30.2. The maximum atomic E-state index is 14.7. The van der Waals surface area contributed by atoms with Crippen LogP contribution in [0.3, 0.4) is 0 Å². The molecular formula is C23H16ClF10N3O3. The maximum Gasteiger partial charge on any atom is 0.435 e. The van der Waals surface area contributed by atoms with E-state index < -0.39 is 83.1 Å². The highest BCUT2D eigenvalue weighted by Crippen LogP contribution is 2.51. The van der Waals surface area contributed by atoms with Crippen molar-refractivity contribution in [1.29, 1.82) is 0 Å². The number of carbonyl (C=O) groups excluding carboxylic acids is 2. The number of carbonyl (C=O) groups is 2. The summed E-state index contributed by atoms with van der Waals surface area (Å²) < 4.78 is 134. The largest absolute Gasteiger partial charge is 0.435 e. The van der Waals surface area contributed by atoms with Crippen LogP contribution in [0.1, 0.15) is 39.0 Å². The lowest BCUT2D eigenvalue weighted by molar-refractivity contribution is -0.276. The van der Waals surface area contributed by atoms with E-state index in [1.807, 2.05) is 5.32 Å². The Bertz CT molecular complexity index is 1350. The van der Waals surface area contributed by atoms with Crippen molar-refractivity contribution in [3.05, 3.63) is 69.0 Å². The molecule has 1 aliphatic heterocycles. The lowest BCUT2D eigenvalue weighted by Gasteiger charge is -2.30. The van der Waals surface area contributed by atoms with E-state index in [4.69, 9.17) is 11.6 Å². The molecule has 2 atom stereocenters. The Hall–Kier alpha value is -3.56. The average Bonchev–Trinajstić information content (AvgIpc) is 3.30. The molecule has 1 aliphatic rings. The predicted molar refractivity (Wildman–Crippen MR) is 119 cm³/mol. The van der Waals surface area contributed by atoms with Crippen LogP contribution in [-0.4, -0.2) is 43.0 Å². The monoisotopic (exact) mass is 607 g/mol. The Morgan fingerprint density at radius 3 is 2.30 bits per heavy atom. The lowest BCUT2D eigenvalue weighted by Crippen LogP contribution is -2.43. The van der Waals surface area contributed by atoms with E-state index >= 15 is 0 Å². The summed E-state index contributed by atoms with van der Waals surface area (Å²) in [5, 5.41) is 5.47. The molecule has 2 N–H and O–H groups in total. The molecular weight excluding hydrogens is 592 g/mol. The molecule has 2 amide bonds. The SMILES string of the molecule is Cc1cc(C2=NO[C@](c3cc(C(F)(F)F)cc(Cl)c3F)(C(F)(F)F)C2)ccc1C(=O)NCC(=O)NC(F)C(F)F. The van der Waals surface area contributed by atoms with Gasteiger partial charge in [-0.15, -0.1) is 0 Å². The number of rotatable bonds is 7. The van der Waals surface area contributed by atoms with Gasteiger partial charge in [-0.05, 0) is 42.3 Å². The topological polar surface area (TPSA) is 79.8 Å². The second-order valence-corrected chi connectivity index (χ2v) is 8.87. The molecule has 0 spiro atoms. The van der Waals surface area contributed by atoms with Gasteiger partial charge in [-0.2, -0.15) is 26.3 Å². The summed E-state index contributed by atoms with van der Waals surface area (Å²) in [6, 6.07) is 3.42. The summed E-state index contributed by atoms with van der Waals surface area (Å²) >= 11 is 5.47. The van der Waals surface area contributed by atoms with Gasteiger partial charge in [-0.3, -0.25) is 9.59 Å². The van der Waals surface area contributed by atoms with Crippen LogP contribution in [0.15, 0.2) is 35.5 Å². The van der Waals surface area contributed by atoms with Crippen molar-refractivity contribution in [3.63, 3.8) is 0 Å². The molecule has 0 radical (unpaired) electrons. The number of amides is 2. The van der Waals surface area contributed by atoms with Crippen molar-refractivity contribution in [1.82, 2.24) is 10.6 Å². The molecule has 1 unspecified atom stereocenters. The highest BCUT2D eigenvalue weighted by molar-refractivity contribution is 6.30. The molecule has 0 fully saturated rings. The Kier molecular flexibility index (Phi) is 8.62. The Labute approximate surface area is 223 Å². The number of nitrogens with zero attached hydrogens (tertiary/aromatic N) is 1. The fraction of sp³-hybridized carbons (Fsp3) is 0.348. The van der Waals surface area contributed by atoms with Gasteiger partial charge in [0.1, 0.15) is 5.82 Å². The summed E-state index contributed by atoms with van der Waals surface area (Å²) in [5.41, 5.74) is -7.40. The van der Waals surface area contributed by atoms with Crippen molar-refractivity contribution >= 4 is 29.1 Å². The van der Waals surface area contributed by atoms with Crippen LogP contribution < -0.4 is 10.6 Å². The zero-order valence-electron chi connectivity index (χ0n) is 19.8. The summed E-state index contributed by atoms with van der Waals surface area (Å²) in [5.74, 6) is -3.98. The molecule has 0 bridgehead atoms. The summed E-state index contributed by atoms with van der Waals surface area (Å²) in [4.78, 5) is 28.4. The number of benzene rings is 2. The van der Waals surface area contributed by atoms with Gasteiger partial charge in [0.15, 0.2) is 0 Å². The number of hydrogen-bond donors (Lipinski definition) is 2. The van der Waals surface area contributed by atoms with Crippen LogP contribution in [0.5, 0.6) is 0 Å². The van der Waals surface area contributed by atoms with Crippen LogP contribution in [0.25, 0.3) is 0 Å². The maximum absolute atomic E-state index is 14.7. The van der Waals surface area contributed by atoms with E-state index in [0.717, 1.165) is 18.2 Å². The van der Waals surface area contributed by atoms with Crippen molar-refractivity contribution in [2.24, 2.45) is 5.16 Å². The standard InChI is InChI=1S/C23H16ClF10N3O3/c1-9-4-10(2-3-12(9)20(39)35-8-16(38)36-19(28)18(26)27)15-7-21(40-37-15,23(32,33)34)13-5-11(22(29,30)31)6-14(24)17(13)25/h2-6,18-19H,7-8H2,1H3,(H,35,39)(H,36,38)/t19?,21-/m1/s1. The lowest BCUT2D eigenvalue weighted by atomic mass is 9.85. The van der Waals surface area contributed by atoms with Crippen molar-refractivity contribution in [3.8, 4) is 0 Å². The third-order valence-corrected chi connectivity index (χ3v) is 5.99. The minimum absolute atomic E-state index is 0.0611. The normalized spacial score (nSPS) is 18.3. The number of aryl methyl sites for hydroxylation is 1. The highest BCUT2D eigenvalue weighted by Gasteiger charge is 2.64. The van der Waals surface area contributed by atoms with E-state index in [1.165, 1.54) is 12.2 Å². The van der Waals surface area contributed by atoms with Crippen molar-refractivity contribution in [2.45, 2.75) is 44.0 Å². The molecule has 2 aromatic rings. The molecule has 0 aliphatic carbocycles. The zero-order valence-corrected chi connectivity index (χ0v) is 20.5. The van der Waals surface area contributed by atoms with Crippen LogP contribution in [0.2, 0.25) is 5.02 Å². The van der Waals surface area contributed by atoms with Gasteiger partial charge in [0.2, 0.25) is 12.2 Å². The van der Waals surface area contributed by atoms with Gasteiger partial charge >= 0.3 is 12.4 Å². The molecule has 40 heavy (non-hydrogen) atoms. The van der Waals surface area contributed by atoms with E-state index in [9.17, 15) is 53.5 Å². The van der Waals surface area contributed by atoms with Crippen LogP contribution in [0, 0.1) is 12.7 Å². The number of halogens is 11. The smallest absolute Gasteiger partial charge is 0.374 e. The number of alkyl halides is 9. The molecule has 1 heterocycles. The second kappa shape index (κ2) is 11.1. The van der Waals surface area contributed by atoms with Crippen LogP contribution in [0.4, 0.5) is 43.9 Å².